The molecular formula is C31H28N2O. The lowest BCUT2D eigenvalue weighted by atomic mass is 9.76. The van der Waals surface area contributed by atoms with Crippen molar-refractivity contribution in [3.63, 3.8) is 0 Å². The summed E-state index contributed by atoms with van der Waals surface area (Å²) in [5.41, 5.74) is 5.15. The van der Waals surface area contributed by atoms with E-state index in [0.29, 0.717) is 18.4 Å². The zero-order chi connectivity index (χ0) is 23.1. The lowest BCUT2D eigenvalue weighted by molar-refractivity contribution is 0.0988. The molecule has 3 atom stereocenters. The van der Waals surface area contributed by atoms with Crippen LogP contribution < -0.4 is 10.2 Å². The van der Waals surface area contributed by atoms with E-state index in [-0.39, 0.29) is 11.9 Å². The number of benzene rings is 4. The lowest BCUT2D eigenvalue weighted by Crippen LogP contribution is -2.34. The van der Waals surface area contributed by atoms with Crippen molar-refractivity contribution in [2.75, 3.05) is 16.8 Å². The smallest absolute Gasteiger partial charge is 0.260 e. The molecule has 0 radical (unpaired) electrons. The molecule has 0 saturated carbocycles. The lowest BCUT2D eigenvalue weighted by Gasteiger charge is -2.39. The minimum absolute atomic E-state index is 0.0377. The van der Waals surface area contributed by atoms with Gasteiger partial charge in [0.25, 0.3) is 5.91 Å². The van der Waals surface area contributed by atoms with Crippen LogP contribution in [0.25, 0.3) is 10.8 Å². The van der Waals surface area contributed by atoms with Gasteiger partial charge in [-0.2, -0.15) is 0 Å². The Morgan fingerprint density at radius 3 is 2.53 bits per heavy atom. The van der Waals surface area contributed by atoms with E-state index in [9.17, 15) is 4.79 Å². The van der Waals surface area contributed by atoms with E-state index in [1.54, 1.807) is 0 Å². The third-order valence-corrected chi connectivity index (χ3v) is 7.39. The van der Waals surface area contributed by atoms with Crippen molar-refractivity contribution >= 4 is 28.1 Å². The Hall–Kier alpha value is -3.85. The predicted molar refractivity (Wildman–Crippen MR) is 141 cm³/mol. The third kappa shape index (κ3) is 3.40. The van der Waals surface area contributed by atoms with Gasteiger partial charge in [-0.15, -0.1) is 0 Å². The minimum Gasteiger partial charge on any atom is -0.377 e. The van der Waals surface area contributed by atoms with Crippen molar-refractivity contribution in [3.8, 4) is 0 Å². The van der Waals surface area contributed by atoms with Crippen LogP contribution in [0.2, 0.25) is 0 Å². The second-order valence-corrected chi connectivity index (χ2v) is 9.24. The molecule has 4 aromatic carbocycles. The molecule has 0 bridgehead atoms. The van der Waals surface area contributed by atoms with Crippen molar-refractivity contribution in [1.29, 1.82) is 0 Å². The average Bonchev–Trinajstić information content (AvgIpc) is 3.39. The highest BCUT2D eigenvalue weighted by Crippen LogP contribution is 2.51. The van der Waals surface area contributed by atoms with E-state index in [2.05, 4.69) is 66.0 Å². The third-order valence-electron chi connectivity index (χ3n) is 7.39. The molecule has 168 valence electrons. The number of hydrogen-bond acceptors (Lipinski definition) is 2. The summed E-state index contributed by atoms with van der Waals surface area (Å²) in [5.74, 6) is 0.790. The summed E-state index contributed by atoms with van der Waals surface area (Å²) < 4.78 is 0. The van der Waals surface area contributed by atoms with Gasteiger partial charge < -0.3 is 10.2 Å². The number of hydrogen-bond donors (Lipinski definition) is 1. The van der Waals surface area contributed by atoms with Gasteiger partial charge in [-0.1, -0.05) is 78.9 Å². The van der Waals surface area contributed by atoms with Crippen molar-refractivity contribution in [2.24, 2.45) is 5.92 Å². The molecule has 2 aliphatic rings. The van der Waals surface area contributed by atoms with Crippen LogP contribution in [0.4, 0.5) is 11.4 Å². The first kappa shape index (κ1) is 20.7. The van der Waals surface area contributed by atoms with Gasteiger partial charge in [0.1, 0.15) is 0 Å². The second kappa shape index (κ2) is 8.49. The van der Waals surface area contributed by atoms with Crippen molar-refractivity contribution in [3.05, 3.63) is 120 Å². The molecule has 1 N–H and O–H groups in total. The summed E-state index contributed by atoms with van der Waals surface area (Å²) >= 11 is 0. The first-order chi connectivity index (χ1) is 16.7. The molecule has 6 rings (SSSR count). The van der Waals surface area contributed by atoms with Crippen molar-refractivity contribution in [2.45, 2.75) is 25.3 Å². The van der Waals surface area contributed by atoms with Crippen LogP contribution in [0.1, 0.15) is 46.8 Å². The van der Waals surface area contributed by atoms with Crippen LogP contribution >= 0.6 is 0 Å². The van der Waals surface area contributed by atoms with Crippen molar-refractivity contribution < 1.29 is 4.79 Å². The maximum Gasteiger partial charge on any atom is 0.260 e. The number of amides is 1. The Morgan fingerprint density at radius 2 is 1.71 bits per heavy atom. The maximum absolute atomic E-state index is 13.8. The molecular weight excluding hydrogens is 416 g/mol. The van der Waals surface area contributed by atoms with Gasteiger partial charge in [0.15, 0.2) is 0 Å². The van der Waals surface area contributed by atoms with Gasteiger partial charge in [-0.3, -0.25) is 4.79 Å². The Labute approximate surface area is 200 Å². The van der Waals surface area contributed by atoms with Crippen LogP contribution in [0, 0.1) is 5.92 Å². The first-order valence-electron chi connectivity index (χ1n) is 12.2. The topological polar surface area (TPSA) is 32.3 Å². The number of nitrogens with one attached hydrogen (secondary N) is 1. The minimum atomic E-state index is 0.0377. The Morgan fingerprint density at radius 1 is 0.912 bits per heavy atom. The molecule has 1 amide bonds. The number of carbonyl (C=O) groups excluding carboxylic acids is 1. The number of para-hydroxylation sites is 2. The van der Waals surface area contributed by atoms with Crippen LogP contribution in [-0.4, -0.2) is 12.5 Å². The number of nitrogens with zero attached hydrogens (tertiary/aromatic N) is 1. The zero-order valence-electron chi connectivity index (χ0n) is 19.3. The predicted octanol–water partition coefficient (Wildman–Crippen LogP) is 7.33. The van der Waals surface area contributed by atoms with Crippen LogP contribution in [0.5, 0.6) is 0 Å². The zero-order valence-corrected chi connectivity index (χ0v) is 19.3. The van der Waals surface area contributed by atoms with E-state index < -0.39 is 0 Å². The average molecular weight is 445 g/mol. The summed E-state index contributed by atoms with van der Waals surface area (Å²) in [4.78, 5) is 15.7. The molecule has 1 heterocycles. The Kier molecular flexibility index (Phi) is 5.18. The Balaban J connectivity index is 1.43. The summed E-state index contributed by atoms with van der Waals surface area (Å²) in [7, 11) is 0. The summed E-state index contributed by atoms with van der Waals surface area (Å²) in [6, 6.07) is 31.5. The summed E-state index contributed by atoms with van der Waals surface area (Å²) in [6.45, 7) is 2.65. The number of allylic oxidation sites excluding steroid dienone is 2. The number of carbonyl (C=O) groups is 1. The highest BCUT2D eigenvalue weighted by molar-refractivity contribution is 6.10. The van der Waals surface area contributed by atoms with E-state index in [1.807, 2.05) is 54.3 Å². The van der Waals surface area contributed by atoms with E-state index in [4.69, 9.17) is 0 Å². The van der Waals surface area contributed by atoms with Crippen molar-refractivity contribution in [1.82, 2.24) is 0 Å². The van der Waals surface area contributed by atoms with E-state index >= 15 is 0 Å². The first-order valence-corrected chi connectivity index (χ1v) is 12.2. The molecule has 1 aliphatic heterocycles. The summed E-state index contributed by atoms with van der Waals surface area (Å²) in [6.07, 6.45) is 5.68. The fourth-order valence-electron chi connectivity index (χ4n) is 5.73. The SMILES string of the molecule is CCN(C(=O)c1cccc2c1NC(c1ccc3ccccc3c1)C1CC=CC21)c1ccccc1. The van der Waals surface area contributed by atoms with Gasteiger partial charge in [-0.25, -0.2) is 0 Å². The van der Waals surface area contributed by atoms with Gasteiger partial charge in [0, 0.05) is 18.2 Å². The number of rotatable bonds is 4. The number of anilines is 2. The quantitative estimate of drug-likeness (QED) is 0.334. The van der Waals surface area contributed by atoms with Gasteiger partial charge in [-0.05, 0) is 65.4 Å². The molecule has 3 unspecified atom stereocenters. The van der Waals surface area contributed by atoms with Crippen LogP contribution in [-0.2, 0) is 0 Å². The molecule has 0 aromatic heterocycles. The fourth-order valence-corrected chi connectivity index (χ4v) is 5.73. The number of fused-ring (bicyclic) bond motifs is 4. The molecule has 3 heteroatoms. The molecule has 1 aliphatic carbocycles. The normalized spacial score (nSPS) is 20.4. The van der Waals surface area contributed by atoms with Crippen LogP contribution in [0.3, 0.4) is 0 Å². The Bertz CT molecular complexity index is 1390. The molecule has 0 saturated heterocycles. The van der Waals surface area contributed by atoms with Crippen LogP contribution in [0.15, 0.2) is 103 Å². The van der Waals surface area contributed by atoms with E-state index in [1.165, 1.54) is 21.9 Å². The monoisotopic (exact) mass is 444 g/mol. The summed E-state index contributed by atoms with van der Waals surface area (Å²) in [5, 5.41) is 6.34. The van der Waals surface area contributed by atoms with E-state index in [0.717, 1.165) is 23.4 Å². The maximum atomic E-state index is 13.8. The largest absolute Gasteiger partial charge is 0.377 e. The van der Waals surface area contributed by atoms with Gasteiger partial charge in [0.2, 0.25) is 0 Å². The molecule has 0 fully saturated rings. The highest BCUT2D eigenvalue weighted by atomic mass is 16.2. The fraction of sp³-hybridized carbons (Fsp3) is 0.194. The molecule has 0 spiro atoms. The molecule has 34 heavy (non-hydrogen) atoms. The van der Waals surface area contributed by atoms with Gasteiger partial charge in [0.05, 0.1) is 17.3 Å². The van der Waals surface area contributed by atoms with Gasteiger partial charge >= 0.3 is 0 Å². The second-order valence-electron chi connectivity index (χ2n) is 9.24. The standard InChI is InChI=1S/C31H28N2O/c1-2-33(24-12-4-3-5-13-24)31(34)28-17-9-16-27-25-14-8-15-26(25)29(32-30(27)28)23-19-18-21-10-6-7-11-22(21)20-23/h3-14,16-20,25-26,29,32H,2,15H2,1H3. The molecule has 3 nitrogen and oxygen atoms in total. The molecule has 4 aromatic rings. The highest BCUT2D eigenvalue weighted by Gasteiger charge is 2.39.